The summed E-state index contributed by atoms with van der Waals surface area (Å²) in [4.78, 5) is 0. The minimum Gasteiger partial charge on any atom is -0.543 e. The fourth-order valence-electron chi connectivity index (χ4n) is 6.46. The van der Waals surface area contributed by atoms with Crippen LogP contribution in [0.15, 0.2) is 30.9 Å². The fourth-order valence-corrected chi connectivity index (χ4v) is 7.48. The normalized spacial score (nSPS) is 36.7. The van der Waals surface area contributed by atoms with E-state index < -0.39 is 13.9 Å². The molecule has 5 atom stereocenters. The van der Waals surface area contributed by atoms with E-state index in [1.165, 1.54) is 18.4 Å². The van der Waals surface area contributed by atoms with Crippen LogP contribution in [0.4, 0.5) is 0 Å². The maximum Gasteiger partial charge on any atom is 0.250 e. The van der Waals surface area contributed by atoms with Crippen LogP contribution in [0.25, 0.3) is 0 Å². The third-order valence-electron chi connectivity index (χ3n) is 9.43. The van der Waals surface area contributed by atoms with Gasteiger partial charge in [-0.2, -0.15) is 0 Å². The Balaban J connectivity index is 1.59. The Morgan fingerprint density at radius 3 is 2.55 bits per heavy atom. The topological polar surface area (TPSA) is 29.5 Å². The van der Waals surface area contributed by atoms with E-state index in [-0.39, 0.29) is 10.5 Å². The van der Waals surface area contributed by atoms with Gasteiger partial charge < -0.3 is 9.53 Å². The molecule has 1 N–H and O–H groups in total. The van der Waals surface area contributed by atoms with Crippen LogP contribution in [-0.4, -0.2) is 19.0 Å². The van der Waals surface area contributed by atoms with Crippen LogP contribution in [0.5, 0.6) is 5.75 Å². The monoisotopic (exact) mass is 412 g/mol. The third kappa shape index (κ3) is 3.15. The smallest absolute Gasteiger partial charge is 0.250 e. The van der Waals surface area contributed by atoms with E-state index >= 15 is 0 Å². The SMILES string of the molecule is C=C[C@]1(O)CCC2C3CCc4cc(O[Si](C)(C)C(C)(C)C)ccc4C3CCC21C. The molecule has 0 aromatic heterocycles. The van der Waals surface area contributed by atoms with Crippen molar-refractivity contribution in [2.75, 3.05) is 0 Å². The van der Waals surface area contributed by atoms with Gasteiger partial charge >= 0.3 is 0 Å². The Bertz CT molecular complexity index is 807. The van der Waals surface area contributed by atoms with Gasteiger partial charge in [-0.25, -0.2) is 0 Å². The van der Waals surface area contributed by atoms with E-state index in [2.05, 4.69) is 65.6 Å². The number of rotatable bonds is 3. The van der Waals surface area contributed by atoms with Gasteiger partial charge in [0.1, 0.15) is 5.75 Å². The zero-order chi connectivity index (χ0) is 21.2. The summed E-state index contributed by atoms with van der Waals surface area (Å²) in [5.41, 5.74) is 2.38. The summed E-state index contributed by atoms with van der Waals surface area (Å²) in [6.07, 6.45) is 8.54. The van der Waals surface area contributed by atoms with E-state index in [1.54, 1.807) is 5.56 Å². The lowest BCUT2D eigenvalue weighted by Gasteiger charge is -2.52. The molecule has 4 unspecified atom stereocenters. The molecular formula is C26H40O2Si. The van der Waals surface area contributed by atoms with Crippen LogP contribution in [-0.2, 0) is 6.42 Å². The average molecular weight is 413 g/mol. The molecule has 2 saturated carbocycles. The van der Waals surface area contributed by atoms with Gasteiger partial charge in [-0.3, -0.25) is 0 Å². The summed E-state index contributed by atoms with van der Waals surface area (Å²) in [7, 11) is -1.81. The van der Waals surface area contributed by atoms with Crippen LogP contribution in [0.1, 0.15) is 76.8 Å². The predicted octanol–water partition coefficient (Wildman–Crippen LogP) is 6.84. The molecule has 160 valence electrons. The van der Waals surface area contributed by atoms with Gasteiger partial charge in [0.2, 0.25) is 8.32 Å². The fraction of sp³-hybridized carbons (Fsp3) is 0.692. The van der Waals surface area contributed by atoms with Crippen molar-refractivity contribution in [1.82, 2.24) is 0 Å². The van der Waals surface area contributed by atoms with E-state index in [0.717, 1.165) is 31.4 Å². The molecular weight excluding hydrogens is 372 g/mol. The molecule has 0 aliphatic heterocycles. The number of fused-ring (bicyclic) bond motifs is 5. The van der Waals surface area contributed by atoms with Crippen LogP contribution in [0.2, 0.25) is 18.1 Å². The molecule has 3 aliphatic rings. The second kappa shape index (κ2) is 6.72. The van der Waals surface area contributed by atoms with Gasteiger partial charge in [-0.05, 0) is 97.7 Å². The Morgan fingerprint density at radius 1 is 1.17 bits per heavy atom. The Labute approximate surface area is 178 Å². The number of benzene rings is 1. The average Bonchev–Trinajstić information content (AvgIpc) is 2.92. The Morgan fingerprint density at radius 2 is 1.90 bits per heavy atom. The van der Waals surface area contributed by atoms with Crippen molar-refractivity contribution in [3.05, 3.63) is 42.0 Å². The predicted molar refractivity (Wildman–Crippen MR) is 124 cm³/mol. The Kier molecular flexibility index (Phi) is 4.91. The van der Waals surface area contributed by atoms with Crippen molar-refractivity contribution in [1.29, 1.82) is 0 Å². The summed E-state index contributed by atoms with van der Waals surface area (Å²) < 4.78 is 6.59. The minimum atomic E-state index is -1.81. The lowest BCUT2D eigenvalue weighted by Crippen LogP contribution is -2.49. The molecule has 3 heteroatoms. The Hall–Kier alpha value is -1.06. The van der Waals surface area contributed by atoms with Crippen molar-refractivity contribution in [2.24, 2.45) is 17.3 Å². The standard InChI is InChI=1S/C26H40O2Si/c1-8-26(27)16-14-23-22-11-9-18-17-19(28-29(6,7)24(2,3)4)10-12-20(18)21(22)13-15-25(23,26)5/h8,10,12,17,21-23,27H,1,9,11,13-16H2,2-7H3/t21?,22?,23?,25?,26-/m0/s1. The summed E-state index contributed by atoms with van der Waals surface area (Å²) >= 11 is 0. The molecule has 1 aromatic carbocycles. The van der Waals surface area contributed by atoms with Crippen molar-refractivity contribution in [3.63, 3.8) is 0 Å². The minimum absolute atomic E-state index is 0.00119. The maximum atomic E-state index is 11.2. The van der Waals surface area contributed by atoms with Gasteiger partial charge in [0.15, 0.2) is 0 Å². The largest absolute Gasteiger partial charge is 0.543 e. The summed E-state index contributed by atoms with van der Waals surface area (Å²) in [6.45, 7) is 17.9. The van der Waals surface area contributed by atoms with Gasteiger partial charge in [0.05, 0.1) is 5.60 Å². The summed E-state index contributed by atoms with van der Waals surface area (Å²) in [5, 5.41) is 11.4. The van der Waals surface area contributed by atoms with Gasteiger partial charge in [0, 0.05) is 5.41 Å². The number of hydrogen-bond donors (Lipinski definition) is 1. The highest BCUT2D eigenvalue weighted by Gasteiger charge is 2.60. The van der Waals surface area contributed by atoms with Gasteiger partial charge in [-0.1, -0.05) is 39.8 Å². The first-order chi connectivity index (χ1) is 13.4. The molecule has 3 aliphatic carbocycles. The van der Waals surface area contributed by atoms with Crippen LogP contribution in [0, 0.1) is 17.3 Å². The number of aryl methyl sites for hydroxylation is 1. The first-order valence-corrected chi connectivity index (χ1v) is 14.5. The molecule has 0 radical (unpaired) electrons. The van der Waals surface area contributed by atoms with Crippen molar-refractivity contribution in [3.8, 4) is 5.75 Å². The first kappa shape index (κ1) is 21.2. The second-order valence-electron chi connectivity index (χ2n) is 11.8. The molecule has 4 rings (SSSR count). The molecule has 29 heavy (non-hydrogen) atoms. The van der Waals surface area contributed by atoms with Gasteiger partial charge in [0.25, 0.3) is 0 Å². The highest BCUT2D eigenvalue weighted by molar-refractivity contribution is 6.74. The molecule has 1 aromatic rings. The summed E-state index contributed by atoms with van der Waals surface area (Å²) in [5.74, 6) is 3.02. The molecule has 2 nitrogen and oxygen atoms in total. The number of hydrogen-bond acceptors (Lipinski definition) is 2. The van der Waals surface area contributed by atoms with E-state index in [1.807, 2.05) is 6.08 Å². The molecule has 0 heterocycles. The zero-order valence-corrected chi connectivity index (χ0v) is 20.3. The maximum absolute atomic E-state index is 11.2. The molecule has 0 saturated heterocycles. The highest BCUT2D eigenvalue weighted by atomic mass is 28.4. The lowest BCUT2D eigenvalue weighted by molar-refractivity contribution is -0.0707. The van der Waals surface area contributed by atoms with Crippen molar-refractivity contribution >= 4 is 8.32 Å². The van der Waals surface area contributed by atoms with Crippen molar-refractivity contribution < 1.29 is 9.53 Å². The summed E-state index contributed by atoms with van der Waals surface area (Å²) in [6, 6.07) is 6.94. The number of aliphatic hydroxyl groups is 1. The highest BCUT2D eigenvalue weighted by Crippen LogP contribution is 2.64. The van der Waals surface area contributed by atoms with Gasteiger partial charge in [-0.15, -0.1) is 6.58 Å². The van der Waals surface area contributed by atoms with E-state index in [0.29, 0.717) is 17.8 Å². The third-order valence-corrected chi connectivity index (χ3v) is 13.8. The molecule has 0 spiro atoms. The van der Waals surface area contributed by atoms with Crippen LogP contribution in [0.3, 0.4) is 0 Å². The lowest BCUT2D eigenvalue weighted by atomic mass is 9.53. The van der Waals surface area contributed by atoms with E-state index in [9.17, 15) is 5.11 Å². The molecule has 2 fully saturated rings. The van der Waals surface area contributed by atoms with Crippen molar-refractivity contribution in [2.45, 2.75) is 95.9 Å². The zero-order valence-electron chi connectivity index (χ0n) is 19.3. The first-order valence-electron chi connectivity index (χ1n) is 11.6. The van der Waals surface area contributed by atoms with Crippen LogP contribution < -0.4 is 4.43 Å². The van der Waals surface area contributed by atoms with Crippen LogP contribution >= 0.6 is 0 Å². The quantitative estimate of drug-likeness (QED) is 0.435. The van der Waals surface area contributed by atoms with E-state index in [4.69, 9.17) is 4.43 Å². The molecule has 0 bridgehead atoms. The second-order valence-corrected chi connectivity index (χ2v) is 16.5. The molecule has 0 amide bonds.